The molecule has 2 aromatic heterocycles. The van der Waals surface area contributed by atoms with Crippen molar-refractivity contribution < 1.29 is 0 Å². The minimum Gasteiger partial charge on any atom is -0.366 e. The number of pyridine rings is 1. The zero-order valence-electron chi connectivity index (χ0n) is 10.4. The van der Waals surface area contributed by atoms with Crippen LogP contribution in [0.25, 0.3) is 0 Å². The SMILES string of the molecule is CC(C)c1nc(Br)cc(NCc2ccncc2)n1. The lowest BCUT2D eigenvalue weighted by Crippen LogP contribution is -2.05. The summed E-state index contributed by atoms with van der Waals surface area (Å²) in [4.78, 5) is 12.8. The van der Waals surface area contributed by atoms with Gasteiger partial charge in [0.25, 0.3) is 0 Å². The zero-order chi connectivity index (χ0) is 13.0. The Labute approximate surface area is 115 Å². The van der Waals surface area contributed by atoms with Crippen molar-refractivity contribution >= 4 is 21.7 Å². The van der Waals surface area contributed by atoms with E-state index in [4.69, 9.17) is 0 Å². The summed E-state index contributed by atoms with van der Waals surface area (Å²) in [7, 11) is 0. The van der Waals surface area contributed by atoms with Crippen LogP contribution in [0.15, 0.2) is 35.2 Å². The molecule has 2 heterocycles. The Morgan fingerprint density at radius 2 is 1.94 bits per heavy atom. The summed E-state index contributed by atoms with van der Waals surface area (Å²) in [6.45, 7) is 4.88. The number of anilines is 1. The Hall–Kier alpha value is -1.49. The molecule has 0 fully saturated rings. The van der Waals surface area contributed by atoms with Gasteiger partial charge >= 0.3 is 0 Å². The van der Waals surface area contributed by atoms with Crippen molar-refractivity contribution in [2.24, 2.45) is 0 Å². The molecule has 5 heteroatoms. The lowest BCUT2D eigenvalue weighted by molar-refractivity contribution is 0.769. The van der Waals surface area contributed by atoms with Crippen LogP contribution in [0.3, 0.4) is 0 Å². The quantitative estimate of drug-likeness (QED) is 0.880. The molecule has 1 N–H and O–H groups in total. The highest BCUT2D eigenvalue weighted by Gasteiger charge is 2.06. The summed E-state index contributed by atoms with van der Waals surface area (Å²) in [5.74, 6) is 1.97. The third kappa shape index (κ3) is 3.50. The number of hydrogen-bond acceptors (Lipinski definition) is 4. The van der Waals surface area contributed by atoms with Crippen LogP contribution in [0.4, 0.5) is 5.82 Å². The van der Waals surface area contributed by atoms with Crippen molar-refractivity contribution in [3.8, 4) is 0 Å². The summed E-state index contributed by atoms with van der Waals surface area (Å²) in [6.07, 6.45) is 3.57. The van der Waals surface area contributed by atoms with E-state index in [9.17, 15) is 0 Å². The van der Waals surface area contributed by atoms with Crippen molar-refractivity contribution in [2.45, 2.75) is 26.3 Å². The van der Waals surface area contributed by atoms with Gasteiger partial charge in [-0.15, -0.1) is 0 Å². The maximum atomic E-state index is 4.48. The second-order valence-electron chi connectivity index (χ2n) is 4.30. The first kappa shape index (κ1) is 13.0. The molecule has 2 aromatic rings. The monoisotopic (exact) mass is 306 g/mol. The van der Waals surface area contributed by atoms with Crippen LogP contribution < -0.4 is 5.32 Å². The van der Waals surface area contributed by atoms with Crippen LogP contribution in [0.1, 0.15) is 31.2 Å². The molecule has 0 aliphatic rings. The summed E-state index contributed by atoms with van der Waals surface area (Å²) in [5.41, 5.74) is 1.17. The van der Waals surface area contributed by atoms with Gasteiger partial charge in [0.1, 0.15) is 16.2 Å². The number of halogens is 1. The van der Waals surface area contributed by atoms with E-state index in [1.165, 1.54) is 5.56 Å². The Morgan fingerprint density at radius 1 is 1.22 bits per heavy atom. The summed E-state index contributed by atoms with van der Waals surface area (Å²) >= 11 is 3.41. The van der Waals surface area contributed by atoms with Crippen molar-refractivity contribution in [2.75, 3.05) is 5.32 Å². The molecule has 0 atom stereocenters. The second-order valence-corrected chi connectivity index (χ2v) is 5.11. The van der Waals surface area contributed by atoms with E-state index in [1.807, 2.05) is 18.2 Å². The molecule has 0 amide bonds. The van der Waals surface area contributed by atoms with Gasteiger partial charge in [-0.1, -0.05) is 13.8 Å². The summed E-state index contributed by atoms with van der Waals surface area (Å²) < 4.78 is 0.804. The number of nitrogens with one attached hydrogen (secondary N) is 1. The number of aromatic nitrogens is 3. The van der Waals surface area contributed by atoms with E-state index in [0.29, 0.717) is 5.92 Å². The molecule has 18 heavy (non-hydrogen) atoms. The maximum Gasteiger partial charge on any atom is 0.134 e. The average Bonchev–Trinajstić information content (AvgIpc) is 2.37. The first-order valence-electron chi connectivity index (χ1n) is 5.82. The highest BCUT2D eigenvalue weighted by atomic mass is 79.9. The smallest absolute Gasteiger partial charge is 0.134 e. The molecule has 0 bridgehead atoms. The van der Waals surface area contributed by atoms with Crippen LogP contribution in [0.2, 0.25) is 0 Å². The highest BCUT2D eigenvalue weighted by molar-refractivity contribution is 9.10. The van der Waals surface area contributed by atoms with Gasteiger partial charge in [-0.2, -0.15) is 0 Å². The zero-order valence-corrected chi connectivity index (χ0v) is 12.0. The van der Waals surface area contributed by atoms with E-state index < -0.39 is 0 Å². The summed E-state index contributed by atoms with van der Waals surface area (Å²) in [5, 5.41) is 3.29. The fraction of sp³-hybridized carbons (Fsp3) is 0.308. The van der Waals surface area contributed by atoms with Crippen molar-refractivity contribution in [3.05, 3.63) is 46.6 Å². The van der Waals surface area contributed by atoms with Crippen molar-refractivity contribution in [1.29, 1.82) is 0 Å². The van der Waals surface area contributed by atoms with Gasteiger partial charge < -0.3 is 5.32 Å². The Bertz CT molecular complexity index is 514. The average molecular weight is 307 g/mol. The van der Waals surface area contributed by atoms with Crippen molar-refractivity contribution in [1.82, 2.24) is 15.0 Å². The van der Waals surface area contributed by atoms with Gasteiger partial charge in [0, 0.05) is 30.9 Å². The highest BCUT2D eigenvalue weighted by Crippen LogP contribution is 2.17. The molecule has 0 unspecified atom stereocenters. The van der Waals surface area contributed by atoms with Gasteiger partial charge in [0.2, 0.25) is 0 Å². The molecule has 0 spiro atoms. The second kappa shape index (κ2) is 5.91. The van der Waals surface area contributed by atoms with Gasteiger partial charge in [0.15, 0.2) is 0 Å². The topological polar surface area (TPSA) is 50.7 Å². The van der Waals surface area contributed by atoms with Gasteiger partial charge in [-0.05, 0) is 33.6 Å². The minimum absolute atomic E-state index is 0.309. The predicted octanol–water partition coefficient (Wildman–Crippen LogP) is 3.37. The molecule has 2 rings (SSSR count). The Morgan fingerprint density at radius 3 is 2.61 bits per heavy atom. The van der Waals surface area contributed by atoms with E-state index in [1.54, 1.807) is 12.4 Å². The standard InChI is InChI=1S/C13H15BrN4/c1-9(2)13-17-11(14)7-12(18-13)16-8-10-3-5-15-6-4-10/h3-7,9H,8H2,1-2H3,(H,16,17,18). The van der Waals surface area contributed by atoms with Crippen LogP contribution in [-0.4, -0.2) is 15.0 Å². The van der Waals surface area contributed by atoms with Crippen molar-refractivity contribution in [3.63, 3.8) is 0 Å². The molecule has 0 aromatic carbocycles. The first-order valence-corrected chi connectivity index (χ1v) is 6.61. The molecule has 0 aliphatic heterocycles. The lowest BCUT2D eigenvalue weighted by Gasteiger charge is -2.09. The fourth-order valence-corrected chi connectivity index (χ4v) is 1.88. The molecule has 0 saturated heterocycles. The lowest BCUT2D eigenvalue weighted by atomic mass is 10.2. The fourth-order valence-electron chi connectivity index (χ4n) is 1.48. The maximum absolute atomic E-state index is 4.48. The predicted molar refractivity (Wildman–Crippen MR) is 75.4 cm³/mol. The Balaban J connectivity index is 2.10. The van der Waals surface area contributed by atoms with E-state index in [-0.39, 0.29) is 0 Å². The molecule has 4 nitrogen and oxygen atoms in total. The molecule has 0 radical (unpaired) electrons. The number of nitrogens with zero attached hydrogens (tertiary/aromatic N) is 3. The van der Waals surface area contributed by atoms with Crippen LogP contribution in [-0.2, 0) is 6.54 Å². The van der Waals surface area contributed by atoms with Crippen LogP contribution in [0, 0.1) is 0 Å². The van der Waals surface area contributed by atoms with Crippen LogP contribution in [0.5, 0.6) is 0 Å². The van der Waals surface area contributed by atoms with Gasteiger partial charge in [-0.25, -0.2) is 9.97 Å². The summed E-state index contributed by atoms with van der Waals surface area (Å²) in [6, 6.07) is 5.84. The van der Waals surface area contributed by atoms with Gasteiger partial charge in [0.05, 0.1) is 0 Å². The third-order valence-electron chi connectivity index (χ3n) is 2.45. The first-order chi connectivity index (χ1) is 8.65. The number of rotatable bonds is 4. The Kier molecular flexibility index (Phi) is 4.25. The van der Waals surface area contributed by atoms with Crippen LogP contribution >= 0.6 is 15.9 Å². The largest absolute Gasteiger partial charge is 0.366 e. The molecular formula is C13H15BrN4. The third-order valence-corrected chi connectivity index (χ3v) is 2.86. The van der Waals surface area contributed by atoms with E-state index in [2.05, 4.69) is 50.0 Å². The van der Waals surface area contributed by atoms with E-state index in [0.717, 1.165) is 22.8 Å². The molecule has 0 aliphatic carbocycles. The minimum atomic E-state index is 0.309. The van der Waals surface area contributed by atoms with Gasteiger partial charge in [-0.3, -0.25) is 4.98 Å². The van der Waals surface area contributed by atoms with E-state index >= 15 is 0 Å². The normalized spacial score (nSPS) is 10.7. The molecule has 94 valence electrons. The molecule has 0 saturated carbocycles. The molecular weight excluding hydrogens is 292 g/mol. The number of hydrogen-bond donors (Lipinski definition) is 1.